The highest BCUT2D eigenvalue weighted by Crippen LogP contribution is 2.23. The molecule has 2 heterocycles. The van der Waals surface area contributed by atoms with Gasteiger partial charge in [0.25, 0.3) is 0 Å². The molecule has 0 saturated carbocycles. The molecule has 124 valence electrons. The SMILES string of the molecule is CCCc1nc(N)nc2ccc(-c3ccc(S(N)(=O)=O)cc3)nc12. The molecule has 0 saturated heterocycles. The quantitative estimate of drug-likeness (QED) is 0.745. The molecule has 24 heavy (non-hydrogen) atoms. The number of nitrogen functional groups attached to an aromatic ring is 1. The van der Waals surface area contributed by atoms with E-state index in [1.165, 1.54) is 12.1 Å². The Kier molecular flexibility index (Phi) is 4.16. The number of primary sulfonamides is 1. The highest BCUT2D eigenvalue weighted by Gasteiger charge is 2.11. The Morgan fingerprint density at radius 2 is 1.71 bits per heavy atom. The third-order valence-electron chi connectivity index (χ3n) is 3.60. The molecule has 0 aliphatic carbocycles. The number of fused-ring (bicyclic) bond motifs is 1. The zero-order valence-corrected chi connectivity index (χ0v) is 13.9. The van der Waals surface area contributed by atoms with E-state index in [-0.39, 0.29) is 10.8 Å². The summed E-state index contributed by atoms with van der Waals surface area (Å²) >= 11 is 0. The van der Waals surface area contributed by atoms with E-state index >= 15 is 0 Å². The van der Waals surface area contributed by atoms with Crippen LogP contribution < -0.4 is 10.9 Å². The fourth-order valence-corrected chi connectivity index (χ4v) is 3.00. The highest BCUT2D eigenvalue weighted by atomic mass is 32.2. The van der Waals surface area contributed by atoms with Crippen LogP contribution in [-0.4, -0.2) is 23.4 Å². The maximum atomic E-state index is 11.3. The maximum Gasteiger partial charge on any atom is 0.238 e. The first-order chi connectivity index (χ1) is 11.4. The van der Waals surface area contributed by atoms with Crippen LogP contribution in [0.3, 0.4) is 0 Å². The fraction of sp³-hybridized carbons (Fsp3) is 0.188. The van der Waals surface area contributed by atoms with E-state index in [0.717, 1.165) is 24.1 Å². The highest BCUT2D eigenvalue weighted by molar-refractivity contribution is 7.89. The molecule has 8 heteroatoms. The first-order valence-electron chi connectivity index (χ1n) is 7.45. The summed E-state index contributed by atoms with van der Waals surface area (Å²) in [5, 5.41) is 5.12. The molecule has 3 aromatic rings. The summed E-state index contributed by atoms with van der Waals surface area (Å²) in [4.78, 5) is 13.2. The van der Waals surface area contributed by atoms with Gasteiger partial charge in [-0.2, -0.15) is 0 Å². The van der Waals surface area contributed by atoms with Gasteiger partial charge in [0.1, 0.15) is 5.52 Å². The monoisotopic (exact) mass is 343 g/mol. The molecule has 0 bridgehead atoms. The van der Waals surface area contributed by atoms with Crippen molar-refractivity contribution in [2.75, 3.05) is 5.73 Å². The van der Waals surface area contributed by atoms with E-state index in [2.05, 4.69) is 21.9 Å². The Hall–Kier alpha value is -2.58. The Morgan fingerprint density at radius 3 is 2.33 bits per heavy atom. The third kappa shape index (κ3) is 3.19. The largest absolute Gasteiger partial charge is 0.368 e. The number of aromatic nitrogens is 3. The lowest BCUT2D eigenvalue weighted by Crippen LogP contribution is -2.11. The van der Waals surface area contributed by atoms with Crippen molar-refractivity contribution in [1.29, 1.82) is 0 Å². The van der Waals surface area contributed by atoms with Crippen molar-refractivity contribution >= 4 is 27.0 Å². The number of benzene rings is 1. The minimum Gasteiger partial charge on any atom is -0.368 e. The molecule has 0 aliphatic heterocycles. The smallest absolute Gasteiger partial charge is 0.238 e. The van der Waals surface area contributed by atoms with Crippen LogP contribution >= 0.6 is 0 Å². The normalized spacial score (nSPS) is 11.8. The lowest BCUT2D eigenvalue weighted by molar-refractivity contribution is 0.598. The molecule has 7 nitrogen and oxygen atoms in total. The molecule has 0 amide bonds. The Morgan fingerprint density at radius 1 is 1.00 bits per heavy atom. The van der Waals surface area contributed by atoms with Gasteiger partial charge in [-0.25, -0.2) is 28.5 Å². The summed E-state index contributed by atoms with van der Waals surface area (Å²) in [6, 6.07) is 9.92. The second-order valence-corrected chi connectivity index (χ2v) is 6.97. The Balaban J connectivity index is 2.10. The minimum atomic E-state index is -3.71. The van der Waals surface area contributed by atoms with Crippen LogP contribution in [0.15, 0.2) is 41.3 Å². The molecule has 0 unspecified atom stereocenters. The number of anilines is 1. The van der Waals surface area contributed by atoms with Crippen LogP contribution in [0.1, 0.15) is 19.0 Å². The van der Waals surface area contributed by atoms with E-state index in [9.17, 15) is 8.42 Å². The van der Waals surface area contributed by atoms with E-state index < -0.39 is 10.0 Å². The van der Waals surface area contributed by atoms with Gasteiger partial charge in [-0.05, 0) is 30.7 Å². The van der Waals surface area contributed by atoms with E-state index in [4.69, 9.17) is 10.9 Å². The van der Waals surface area contributed by atoms with Crippen molar-refractivity contribution < 1.29 is 8.42 Å². The summed E-state index contributed by atoms with van der Waals surface area (Å²) in [5.41, 5.74) is 9.43. The van der Waals surface area contributed by atoms with Gasteiger partial charge in [-0.1, -0.05) is 25.5 Å². The van der Waals surface area contributed by atoms with Gasteiger partial charge < -0.3 is 5.73 Å². The summed E-state index contributed by atoms with van der Waals surface area (Å²) in [6.45, 7) is 2.06. The molecule has 4 N–H and O–H groups in total. The lowest BCUT2D eigenvalue weighted by atomic mass is 10.1. The maximum absolute atomic E-state index is 11.3. The zero-order chi connectivity index (χ0) is 17.3. The van der Waals surface area contributed by atoms with Gasteiger partial charge in [0.15, 0.2) is 0 Å². The number of sulfonamides is 1. The zero-order valence-electron chi connectivity index (χ0n) is 13.1. The first-order valence-corrected chi connectivity index (χ1v) is 8.99. The average molecular weight is 343 g/mol. The van der Waals surface area contributed by atoms with Crippen LogP contribution in [-0.2, 0) is 16.4 Å². The molecular weight excluding hydrogens is 326 g/mol. The van der Waals surface area contributed by atoms with Crippen LogP contribution in [0, 0.1) is 0 Å². The van der Waals surface area contributed by atoms with E-state index in [1.54, 1.807) is 12.1 Å². The van der Waals surface area contributed by atoms with Gasteiger partial charge in [0.2, 0.25) is 16.0 Å². The third-order valence-corrected chi connectivity index (χ3v) is 4.53. The summed E-state index contributed by atoms with van der Waals surface area (Å²) in [6.07, 6.45) is 1.67. The number of hydrogen-bond acceptors (Lipinski definition) is 6. The molecular formula is C16H17N5O2S. The van der Waals surface area contributed by atoms with Crippen LogP contribution in [0.25, 0.3) is 22.3 Å². The average Bonchev–Trinajstić information content (AvgIpc) is 2.54. The van der Waals surface area contributed by atoms with Crippen molar-refractivity contribution in [3.63, 3.8) is 0 Å². The van der Waals surface area contributed by atoms with Crippen LogP contribution in [0.5, 0.6) is 0 Å². The molecule has 1 aromatic carbocycles. The van der Waals surface area contributed by atoms with Crippen LogP contribution in [0.2, 0.25) is 0 Å². The van der Waals surface area contributed by atoms with Gasteiger partial charge >= 0.3 is 0 Å². The molecule has 0 aliphatic rings. The molecule has 0 radical (unpaired) electrons. The van der Waals surface area contributed by atoms with Crippen molar-refractivity contribution in [2.24, 2.45) is 5.14 Å². The molecule has 2 aromatic heterocycles. The fourth-order valence-electron chi connectivity index (χ4n) is 2.48. The van der Waals surface area contributed by atoms with Crippen molar-refractivity contribution in [3.8, 4) is 11.3 Å². The van der Waals surface area contributed by atoms with Gasteiger partial charge in [-0.3, -0.25) is 0 Å². The lowest BCUT2D eigenvalue weighted by Gasteiger charge is -2.08. The molecule has 3 rings (SSSR count). The Labute approximate surface area is 139 Å². The van der Waals surface area contributed by atoms with E-state index in [1.807, 2.05) is 12.1 Å². The number of nitrogens with two attached hydrogens (primary N) is 2. The van der Waals surface area contributed by atoms with Crippen molar-refractivity contribution in [2.45, 2.75) is 24.7 Å². The van der Waals surface area contributed by atoms with Gasteiger partial charge in [-0.15, -0.1) is 0 Å². The number of hydrogen-bond donors (Lipinski definition) is 2. The number of aryl methyl sites for hydroxylation is 1. The van der Waals surface area contributed by atoms with Gasteiger partial charge in [0, 0.05) is 5.56 Å². The van der Waals surface area contributed by atoms with Crippen LogP contribution in [0.4, 0.5) is 5.95 Å². The van der Waals surface area contributed by atoms with E-state index in [0.29, 0.717) is 16.7 Å². The summed E-state index contributed by atoms with van der Waals surface area (Å²) < 4.78 is 22.7. The summed E-state index contributed by atoms with van der Waals surface area (Å²) in [5.74, 6) is 0.234. The minimum absolute atomic E-state index is 0.0646. The molecule has 0 fully saturated rings. The van der Waals surface area contributed by atoms with Gasteiger partial charge in [0.05, 0.1) is 21.8 Å². The summed E-state index contributed by atoms with van der Waals surface area (Å²) in [7, 11) is -3.71. The van der Waals surface area contributed by atoms with Crippen molar-refractivity contribution in [1.82, 2.24) is 15.0 Å². The number of pyridine rings is 1. The predicted molar refractivity (Wildman–Crippen MR) is 92.5 cm³/mol. The predicted octanol–water partition coefficient (Wildman–Crippen LogP) is 1.87. The standard InChI is InChI=1S/C16H17N5O2S/c1-2-3-13-15-14(21-16(17)20-13)9-8-12(19-15)10-4-6-11(7-5-10)24(18,22)23/h4-9H,2-3H2,1H3,(H2,17,20,21)(H2,18,22,23). The molecule has 0 spiro atoms. The Bertz CT molecular complexity index is 1000. The first kappa shape index (κ1) is 16.3. The molecule has 0 atom stereocenters. The topological polar surface area (TPSA) is 125 Å². The number of nitrogens with zero attached hydrogens (tertiary/aromatic N) is 3. The van der Waals surface area contributed by atoms with Crippen molar-refractivity contribution in [3.05, 3.63) is 42.1 Å². The second-order valence-electron chi connectivity index (χ2n) is 5.41. The second kappa shape index (κ2) is 6.14. The number of rotatable bonds is 4.